The summed E-state index contributed by atoms with van der Waals surface area (Å²) in [5, 5.41) is 1.59. The number of nitrogen functional groups attached to an aromatic ring is 1. The number of benzene rings is 2. The predicted octanol–water partition coefficient (Wildman–Crippen LogP) is 6.87. The summed E-state index contributed by atoms with van der Waals surface area (Å²) in [5.41, 5.74) is 9.14. The van der Waals surface area contributed by atoms with Gasteiger partial charge in [0.05, 0.1) is 36.4 Å². The van der Waals surface area contributed by atoms with Crippen LogP contribution in [0.3, 0.4) is 0 Å². The van der Waals surface area contributed by atoms with Crippen molar-refractivity contribution in [1.82, 2.24) is 14.5 Å². The molecule has 1 unspecified atom stereocenters. The van der Waals surface area contributed by atoms with Gasteiger partial charge in [0.2, 0.25) is 0 Å². The Balaban J connectivity index is 1.40. The third-order valence-electron chi connectivity index (χ3n) is 7.28. The van der Waals surface area contributed by atoms with E-state index in [1.165, 1.54) is 0 Å². The second-order valence-electron chi connectivity index (χ2n) is 10.4. The lowest BCUT2D eigenvalue weighted by molar-refractivity contribution is 0.0469. The molecule has 1 aliphatic heterocycles. The first kappa shape index (κ1) is 29.0. The lowest BCUT2D eigenvalue weighted by atomic mass is 9.95. The quantitative estimate of drug-likeness (QED) is 0.190. The van der Waals surface area contributed by atoms with Gasteiger partial charge in [0, 0.05) is 22.9 Å². The van der Waals surface area contributed by atoms with Crippen LogP contribution in [0.25, 0.3) is 21.9 Å². The highest BCUT2D eigenvalue weighted by atomic mass is 35.5. The molecule has 3 heterocycles. The third-order valence-corrected chi connectivity index (χ3v) is 9.10. The van der Waals surface area contributed by atoms with E-state index in [0.717, 1.165) is 40.6 Å². The fourth-order valence-electron chi connectivity index (χ4n) is 5.40. The van der Waals surface area contributed by atoms with Gasteiger partial charge in [0.25, 0.3) is 0 Å². The van der Waals surface area contributed by atoms with E-state index in [-0.39, 0.29) is 32.1 Å². The molecule has 2 aromatic carbocycles. The van der Waals surface area contributed by atoms with Crippen molar-refractivity contribution in [2.45, 2.75) is 51.7 Å². The molecule has 0 radical (unpaired) electrons. The molecule has 5 rings (SSSR count). The molecule has 2 aromatic heterocycles. The largest absolute Gasteiger partial charge is 0.382 e. The Hall–Kier alpha value is -2.52. The first-order chi connectivity index (χ1) is 19.3. The number of para-hydroxylation sites is 1. The topological polar surface area (TPSA) is 111 Å². The summed E-state index contributed by atoms with van der Waals surface area (Å²) in [6, 6.07) is 15.4. The van der Waals surface area contributed by atoms with E-state index in [1.807, 2.05) is 55.5 Å². The summed E-state index contributed by atoms with van der Waals surface area (Å²) in [7, 11) is -3.42. The lowest BCUT2D eigenvalue weighted by Crippen LogP contribution is -2.37. The fourth-order valence-corrected chi connectivity index (χ4v) is 6.96. The number of ether oxygens (including phenoxy) is 2. The number of aromatic nitrogens is 3. The van der Waals surface area contributed by atoms with Crippen LogP contribution in [-0.4, -0.2) is 47.3 Å². The minimum Gasteiger partial charge on any atom is -0.382 e. The monoisotopic (exact) mass is 586 g/mol. The zero-order valence-corrected chi connectivity index (χ0v) is 24.8. The molecule has 4 aromatic rings. The van der Waals surface area contributed by atoms with Gasteiger partial charge in [-0.25, -0.2) is 9.97 Å². The normalized spacial score (nSPS) is 21.1. The van der Waals surface area contributed by atoms with Gasteiger partial charge in [-0.1, -0.05) is 55.3 Å². The van der Waals surface area contributed by atoms with Crippen LogP contribution in [0.15, 0.2) is 48.5 Å². The lowest BCUT2D eigenvalue weighted by Gasteiger charge is -2.34. The molecule has 9 nitrogen and oxygen atoms in total. The number of hydrogen-bond acceptors (Lipinski definition) is 8. The van der Waals surface area contributed by atoms with Crippen LogP contribution in [0.2, 0.25) is 5.02 Å². The Labute approximate surface area is 239 Å². The summed E-state index contributed by atoms with van der Waals surface area (Å²) >= 11 is 6.13. The summed E-state index contributed by atoms with van der Waals surface area (Å²) in [6.45, 7) is 7.86. The highest BCUT2D eigenvalue weighted by Crippen LogP contribution is 2.53. The van der Waals surface area contributed by atoms with E-state index in [2.05, 4.69) is 23.4 Å². The highest BCUT2D eigenvalue weighted by Gasteiger charge is 2.37. The molecule has 1 aliphatic rings. The Kier molecular flexibility index (Phi) is 8.80. The number of fused-ring (bicyclic) bond motifs is 3. The molecule has 0 saturated carbocycles. The zero-order valence-electron chi connectivity index (χ0n) is 23.1. The summed E-state index contributed by atoms with van der Waals surface area (Å²) in [5.74, 6) is 1.06. The molecule has 0 aliphatic carbocycles. The average molecular weight is 587 g/mol. The van der Waals surface area contributed by atoms with Crippen molar-refractivity contribution in [3.63, 3.8) is 0 Å². The molecule has 1 atom stereocenters. The molecular weight excluding hydrogens is 551 g/mol. The predicted molar refractivity (Wildman–Crippen MR) is 158 cm³/mol. The Morgan fingerprint density at radius 1 is 1.12 bits per heavy atom. The van der Waals surface area contributed by atoms with Gasteiger partial charge in [0.1, 0.15) is 24.3 Å². The SMILES string of the molecule is CCCC(C)(COCP1(=O)OCC(c2cccc(Cl)c2)CO1)n1c(COCC)nc2c(N)nc3ccccc3c21. The van der Waals surface area contributed by atoms with Gasteiger partial charge in [0.15, 0.2) is 5.82 Å². The number of hydrogen-bond donors (Lipinski definition) is 1. The summed E-state index contributed by atoms with van der Waals surface area (Å²) in [4.78, 5) is 9.47. The second-order valence-corrected chi connectivity index (χ2v) is 12.8. The van der Waals surface area contributed by atoms with Crippen molar-refractivity contribution in [1.29, 1.82) is 0 Å². The first-order valence-corrected chi connectivity index (χ1v) is 15.7. The highest BCUT2D eigenvalue weighted by molar-refractivity contribution is 7.53. The van der Waals surface area contributed by atoms with Crippen LogP contribution in [0.1, 0.15) is 50.9 Å². The number of anilines is 1. The Morgan fingerprint density at radius 2 is 1.90 bits per heavy atom. The van der Waals surface area contributed by atoms with Gasteiger partial charge >= 0.3 is 7.60 Å². The maximum absolute atomic E-state index is 13.4. The molecule has 0 amide bonds. The maximum Gasteiger partial charge on any atom is 0.356 e. The van der Waals surface area contributed by atoms with Crippen molar-refractivity contribution < 1.29 is 23.1 Å². The van der Waals surface area contributed by atoms with Crippen molar-refractivity contribution in [2.24, 2.45) is 0 Å². The number of rotatable bonds is 11. The van der Waals surface area contributed by atoms with Crippen molar-refractivity contribution in [3.05, 3.63) is 64.9 Å². The smallest absolute Gasteiger partial charge is 0.356 e. The van der Waals surface area contributed by atoms with Crippen LogP contribution in [0.4, 0.5) is 5.82 Å². The minimum absolute atomic E-state index is 0.0445. The van der Waals surface area contributed by atoms with Crippen LogP contribution < -0.4 is 5.73 Å². The molecule has 1 saturated heterocycles. The van der Waals surface area contributed by atoms with Crippen LogP contribution in [0.5, 0.6) is 0 Å². The van der Waals surface area contributed by atoms with Crippen LogP contribution in [-0.2, 0) is 35.2 Å². The van der Waals surface area contributed by atoms with E-state index in [9.17, 15) is 4.57 Å². The number of pyridine rings is 1. The van der Waals surface area contributed by atoms with Gasteiger partial charge < -0.3 is 28.8 Å². The van der Waals surface area contributed by atoms with E-state index in [1.54, 1.807) is 0 Å². The minimum atomic E-state index is -3.42. The number of imidazole rings is 1. The first-order valence-electron chi connectivity index (χ1n) is 13.6. The van der Waals surface area contributed by atoms with Gasteiger partial charge in [-0.3, -0.25) is 4.57 Å². The third kappa shape index (κ3) is 5.91. The van der Waals surface area contributed by atoms with Gasteiger partial charge in [-0.05, 0) is 44.0 Å². The number of halogens is 1. The fraction of sp³-hybridized carbons (Fsp3) is 0.448. The van der Waals surface area contributed by atoms with Gasteiger partial charge in [-0.2, -0.15) is 0 Å². The van der Waals surface area contributed by atoms with E-state index < -0.39 is 13.1 Å². The molecule has 214 valence electrons. The van der Waals surface area contributed by atoms with Crippen molar-refractivity contribution in [2.75, 3.05) is 38.5 Å². The summed E-state index contributed by atoms with van der Waals surface area (Å²) < 4.78 is 39.0. The molecule has 0 spiro atoms. The molecular formula is C29H36ClN4O5P. The van der Waals surface area contributed by atoms with E-state index >= 15 is 0 Å². The standard InChI is InChI=1S/C29H36ClN4O5P/c1-4-13-29(3,18-37-19-40(35)38-15-21(16-39-40)20-9-8-10-22(30)14-20)34-25(17-36-5-2)33-26-27(34)23-11-6-7-12-24(23)32-28(26)31/h6-12,14,21H,4-5,13,15-19H2,1-3H3,(H2,31,32). The van der Waals surface area contributed by atoms with Crippen molar-refractivity contribution >= 4 is 47.0 Å². The average Bonchev–Trinajstić information content (AvgIpc) is 3.34. The van der Waals surface area contributed by atoms with Crippen LogP contribution in [0, 0.1) is 0 Å². The Bertz CT molecular complexity index is 1530. The maximum atomic E-state index is 13.4. The molecule has 2 N–H and O–H groups in total. The zero-order chi connectivity index (χ0) is 28.3. The molecule has 40 heavy (non-hydrogen) atoms. The van der Waals surface area contributed by atoms with Crippen LogP contribution >= 0.6 is 19.2 Å². The van der Waals surface area contributed by atoms with Crippen molar-refractivity contribution in [3.8, 4) is 0 Å². The van der Waals surface area contributed by atoms with Gasteiger partial charge in [-0.15, -0.1) is 0 Å². The molecule has 1 fully saturated rings. The Morgan fingerprint density at radius 3 is 2.62 bits per heavy atom. The molecule has 0 bridgehead atoms. The summed E-state index contributed by atoms with van der Waals surface area (Å²) in [6.07, 6.45) is 1.52. The van der Waals surface area contributed by atoms with E-state index in [4.69, 9.17) is 40.8 Å². The number of nitrogens with zero attached hydrogens (tertiary/aromatic N) is 3. The molecule has 11 heteroatoms. The second kappa shape index (κ2) is 12.1. The van der Waals surface area contributed by atoms with E-state index in [0.29, 0.717) is 29.6 Å². The number of nitrogens with two attached hydrogens (primary N) is 1.